The normalized spacial score (nSPS) is 19.5. The molecule has 0 saturated heterocycles. The minimum absolute atomic E-state index is 1.11. The predicted octanol–water partition coefficient (Wildman–Crippen LogP) is 8.85. The van der Waals surface area contributed by atoms with Crippen molar-refractivity contribution in [3.8, 4) is 0 Å². The lowest BCUT2D eigenvalue weighted by Crippen LogP contribution is -1.85. The highest BCUT2D eigenvalue weighted by molar-refractivity contribution is 4.84. The van der Waals surface area contributed by atoms with Crippen LogP contribution in [0.5, 0.6) is 0 Å². The van der Waals surface area contributed by atoms with Gasteiger partial charge < -0.3 is 0 Å². The van der Waals surface area contributed by atoms with Gasteiger partial charge in [-0.15, -0.1) is 6.58 Å². The van der Waals surface area contributed by atoms with Crippen LogP contribution in [-0.4, -0.2) is 0 Å². The lowest BCUT2D eigenvalue weighted by atomic mass is 10.0. The van der Waals surface area contributed by atoms with E-state index < -0.39 is 0 Å². The summed E-state index contributed by atoms with van der Waals surface area (Å²) in [7, 11) is 0. The topological polar surface area (TPSA) is 0 Å². The second-order valence-electron chi connectivity index (χ2n) is 8.33. The Bertz CT molecular complexity index is 267. The van der Waals surface area contributed by atoms with Crippen molar-refractivity contribution in [1.29, 1.82) is 0 Å². The zero-order chi connectivity index (χ0) is 17.3. The van der Waals surface area contributed by atoms with Crippen LogP contribution in [0.2, 0.25) is 0 Å². The van der Waals surface area contributed by atoms with Crippen molar-refractivity contribution in [3.63, 3.8) is 0 Å². The van der Waals surface area contributed by atoms with Crippen LogP contribution in [0.1, 0.15) is 129 Å². The van der Waals surface area contributed by atoms with Gasteiger partial charge in [-0.1, -0.05) is 116 Å². The fraction of sp³-hybridized carbons (Fsp3) is 0.917. The molecule has 0 nitrogen and oxygen atoms in total. The average Bonchev–Trinajstić information content (AvgIpc) is 3.36. The molecule has 1 aliphatic carbocycles. The number of allylic oxidation sites excluding steroid dienone is 1. The van der Waals surface area contributed by atoms with Crippen molar-refractivity contribution in [2.45, 2.75) is 129 Å². The summed E-state index contributed by atoms with van der Waals surface area (Å²) in [5, 5.41) is 0. The Morgan fingerprint density at radius 3 is 1.42 bits per heavy atom. The Morgan fingerprint density at radius 2 is 1.04 bits per heavy atom. The highest BCUT2D eigenvalue weighted by atomic mass is 14.4. The van der Waals surface area contributed by atoms with E-state index >= 15 is 0 Å². The van der Waals surface area contributed by atoms with Crippen LogP contribution in [-0.2, 0) is 0 Å². The quantitative estimate of drug-likeness (QED) is 0.163. The van der Waals surface area contributed by atoms with Crippen LogP contribution in [0.3, 0.4) is 0 Å². The van der Waals surface area contributed by atoms with Crippen molar-refractivity contribution in [2.24, 2.45) is 11.8 Å². The highest BCUT2D eigenvalue weighted by Gasteiger charge is 2.33. The van der Waals surface area contributed by atoms with Crippen molar-refractivity contribution in [1.82, 2.24) is 0 Å². The monoisotopic (exact) mass is 334 g/mol. The average molecular weight is 335 g/mol. The van der Waals surface area contributed by atoms with E-state index in [-0.39, 0.29) is 0 Å². The molecule has 0 N–H and O–H groups in total. The number of unbranched alkanes of at least 4 members (excludes halogenated alkanes) is 15. The minimum atomic E-state index is 1.11. The van der Waals surface area contributed by atoms with E-state index in [1.165, 1.54) is 116 Å². The van der Waals surface area contributed by atoms with Crippen molar-refractivity contribution in [3.05, 3.63) is 12.7 Å². The van der Waals surface area contributed by atoms with Gasteiger partial charge in [0.2, 0.25) is 0 Å². The largest absolute Gasteiger partial charge is 0.103 e. The van der Waals surface area contributed by atoms with Gasteiger partial charge in [0.25, 0.3) is 0 Å². The molecule has 0 spiro atoms. The van der Waals surface area contributed by atoms with Crippen molar-refractivity contribution >= 4 is 0 Å². The van der Waals surface area contributed by atoms with E-state index in [9.17, 15) is 0 Å². The fourth-order valence-corrected chi connectivity index (χ4v) is 4.16. The van der Waals surface area contributed by atoms with Crippen LogP contribution >= 0.6 is 0 Å². The molecule has 24 heavy (non-hydrogen) atoms. The van der Waals surface area contributed by atoms with E-state index in [4.69, 9.17) is 0 Å². The molecule has 142 valence electrons. The zero-order valence-corrected chi connectivity index (χ0v) is 16.9. The summed E-state index contributed by atoms with van der Waals surface area (Å²) < 4.78 is 0. The molecule has 1 rings (SSSR count). The molecule has 0 heteroatoms. The van der Waals surface area contributed by atoms with Gasteiger partial charge in [0, 0.05) is 0 Å². The Morgan fingerprint density at radius 1 is 0.625 bits per heavy atom. The molecular formula is C24H46. The van der Waals surface area contributed by atoms with Crippen molar-refractivity contribution in [2.75, 3.05) is 0 Å². The second-order valence-corrected chi connectivity index (χ2v) is 8.33. The summed E-state index contributed by atoms with van der Waals surface area (Å²) >= 11 is 0. The third-order valence-electron chi connectivity index (χ3n) is 6.08. The van der Waals surface area contributed by atoms with Gasteiger partial charge in [-0.25, -0.2) is 0 Å². The SMILES string of the molecule is C=CCCCCCCCCCCCCCCCCCC1CC1CC. The second kappa shape index (κ2) is 16.2. The van der Waals surface area contributed by atoms with Gasteiger partial charge in [-0.2, -0.15) is 0 Å². The fourth-order valence-electron chi connectivity index (χ4n) is 4.16. The van der Waals surface area contributed by atoms with Gasteiger partial charge in [0.05, 0.1) is 0 Å². The maximum Gasteiger partial charge on any atom is -0.0353 e. The smallest absolute Gasteiger partial charge is 0.0353 e. The van der Waals surface area contributed by atoms with E-state index in [2.05, 4.69) is 19.6 Å². The summed E-state index contributed by atoms with van der Waals surface area (Å²) in [5.74, 6) is 2.24. The number of hydrogen-bond acceptors (Lipinski definition) is 0. The molecule has 0 aromatic rings. The molecule has 0 aliphatic heterocycles. The molecular weight excluding hydrogens is 288 g/mol. The first-order chi connectivity index (χ1) is 11.9. The van der Waals surface area contributed by atoms with E-state index in [0.717, 1.165) is 11.8 Å². The summed E-state index contributed by atoms with van der Waals surface area (Å²) in [4.78, 5) is 0. The van der Waals surface area contributed by atoms with Crippen LogP contribution < -0.4 is 0 Å². The first-order valence-corrected chi connectivity index (χ1v) is 11.5. The lowest BCUT2D eigenvalue weighted by Gasteiger charge is -2.03. The highest BCUT2D eigenvalue weighted by Crippen LogP contribution is 2.44. The summed E-state index contributed by atoms with van der Waals surface area (Å²) in [6.45, 7) is 6.14. The maximum absolute atomic E-state index is 3.78. The van der Waals surface area contributed by atoms with E-state index in [1.807, 2.05) is 0 Å². The Kier molecular flexibility index (Phi) is 14.7. The van der Waals surface area contributed by atoms with Gasteiger partial charge in [-0.3, -0.25) is 0 Å². The van der Waals surface area contributed by atoms with Gasteiger partial charge in [0.15, 0.2) is 0 Å². The molecule has 0 bridgehead atoms. The van der Waals surface area contributed by atoms with Crippen molar-refractivity contribution < 1.29 is 0 Å². The summed E-state index contributed by atoms with van der Waals surface area (Å²) in [6.07, 6.45) is 29.8. The van der Waals surface area contributed by atoms with Crippen LogP contribution in [0.25, 0.3) is 0 Å². The Balaban J connectivity index is 1.63. The lowest BCUT2D eigenvalue weighted by molar-refractivity contribution is 0.518. The van der Waals surface area contributed by atoms with Crippen LogP contribution in [0.4, 0.5) is 0 Å². The molecule has 1 aliphatic rings. The molecule has 0 amide bonds. The Labute approximate surface area is 153 Å². The third kappa shape index (κ3) is 13.1. The molecule has 1 saturated carbocycles. The predicted molar refractivity (Wildman–Crippen MR) is 111 cm³/mol. The van der Waals surface area contributed by atoms with Crippen LogP contribution in [0.15, 0.2) is 12.7 Å². The minimum Gasteiger partial charge on any atom is -0.103 e. The van der Waals surface area contributed by atoms with E-state index in [0.29, 0.717) is 0 Å². The molecule has 0 radical (unpaired) electrons. The molecule has 2 atom stereocenters. The van der Waals surface area contributed by atoms with Crippen LogP contribution in [0, 0.1) is 11.8 Å². The first-order valence-electron chi connectivity index (χ1n) is 11.5. The summed E-state index contributed by atoms with van der Waals surface area (Å²) in [5.41, 5.74) is 0. The molecule has 1 fully saturated rings. The standard InChI is InChI=1S/C24H46/c1-3-5-6-7-8-9-10-11-12-13-14-15-16-17-18-19-20-21-24-22-23(24)4-2/h3,23-24H,1,4-22H2,2H3. The summed E-state index contributed by atoms with van der Waals surface area (Å²) in [6, 6.07) is 0. The van der Waals surface area contributed by atoms with E-state index in [1.54, 1.807) is 6.42 Å². The molecule has 2 unspecified atom stereocenters. The molecule has 0 aromatic heterocycles. The zero-order valence-electron chi connectivity index (χ0n) is 16.9. The number of hydrogen-bond donors (Lipinski definition) is 0. The molecule has 0 aromatic carbocycles. The Hall–Kier alpha value is -0.260. The van der Waals surface area contributed by atoms with Gasteiger partial charge >= 0.3 is 0 Å². The molecule has 0 heterocycles. The third-order valence-corrected chi connectivity index (χ3v) is 6.08. The van der Waals surface area contributed by atoms with Gasteiger partial charge in [0.1, 0.15) is 0 Å². The maximum atomic E-state index is 3.78. The first kappa shape index (κ1) is 21.8. The number of rotatable bonds is 19. The van der Waals surface area contributed by atoms with Gasteiger partial charge in [-0.05, 0) is 31.1 Å².